The second-order valence-corrected chi connectivity index (χ2v) is 3.16. The summed E-state index contributed by atoms with van der Waals surface area (Å²) in [4.78, 5) is 0. The van der Waals surface area contributed by atoms with E-state index in [9.17, 15) is 0 Å². The Hall–Kier alpha value is -1.58. The molecule has 0 fully saturated rings. The lowest BCUT2D eigenvalue weighted by atomic mass is 10.0. The summed E-state index contributed by atoms with van der Waals surface area (Å²) in [7, 11) is 0. The van der Waals surface area contributed by atoms with Gasteiger partial charge in [0.05, 0.1) is 0 Å². The predicted molar refractivity (Wildman–Crippen MR) is 47.1 cm³/mol. The zero-order chi connectivity index (χ0) is 9.31. The van der Waals surface area contributed by atoms with E-state index < -0.39 is 5.66 Å². The van der Waals surface area contributed by atoms with E-state index in [-0.39, 0.29) is 0 Å². The highest BCUT2D eigenvalue weighted by Crippen LogP contribution is 2.31. The van der Waals surface area contributed by atoms with E-state index in [0.29, 0.717) is 0 Å². The number of hydrogen-bond donors (Lipinski definition) is 0. The molecule has 0 N–H and O–H groups in total. The lowest BCUT2D eigenvalue weighted by Gasteiger charge is -2.13. The van der Waals surface area contributed by atoms with Gasteiger partial charge < -0.3 is 0 Å². The van der Waals surface area contributed by atoms with Gasteiger partial charge in [0, 0.05) is 5.56 Å². The second kappa shape index (κ2) is 2.73. The summed E-state index contributed by atoms with van der Waals surface area (Å²) in [6, 6.07) is 8.84. The van der Waals surface area contributed by atoms with Gasteiger partial charge in [-0.1, -0.05) is 18.2 Å². The third-order valence-corrected chi connectivity index (χ3v) is 2.01. The molecule has 4 heteroatoms. The Morgan fingerprint density at radius 3 is 2.62 bits per heavy atom. The van der Waals surface area contributed by atoms with Gasteiger partial charge in [-0.3, -0.25) is 0 Å². The molecule has 0 amide bonds. The SMILES string of the molecule is Cc1[c]ccc(C2(C)N=NN=N2)c1. The lowest BCUT2D eigenvalue weighted by molar-refractivity contribution is 0.518. The van der Waals surface area contributed by atoms with Crippen LogP contribution in [0.15, 0.2) is 38.9 Å². The Morgan fingerprint density at radius 2 is 2.00 bits per heavy atom. The smallest absolute Gasteiger partial charge is 0.130 e. The van der Waals surface area contributed by atoms with Gasteiger partial charge in [0.25, 0.3) is 0 Å². The van der Waals surface area contributed by atoms with Gasteiger partial charge in [-0.05, 0) is 35.9 Å². The molecule has 1 heterocycles. The average Bonchev–Trinajstić information content (AvgIpc) is 2.54. The van der Waals surface area contributed by atoms with Crippen molar-refractivity contribution < 1.29 is 0 Å². The Bertz CT molecular complexity index is 369. The van der Waals surface area contributed by atoms with E-state index in [0.717, 1.165) is 11.1 Å². The zero-order valence-corrected chi connectivity index (χ0v) is 7.52. The molecule has 1 aromatic carbocycles. The van der Waals surface area contributed by atoms with Crippen LogP contribution in [0.3, 0.4) is 0 Å². The van der Waals surface area contributed by atoms with E-state index in [1.807, 2.05) is 32.0 Å². The van der Waals surface area contributed by atoms with Crippen LogP contribution in [0.4, 0.5) is 0 Å². The predicted octanol–water partition coefficient (Wildman–Crippen LogP) is 2.80. The highest BCUT2D eigenvalue weighted by Gasteiger charge is 2.28. The molecule has 0 aliphatic carbocycles. The summed E-state index contributed by atoms with van der Waals surface area (Å²) in [5.74, 6) is 0. The molecule has 0 spiro atoms. The minimum atomic E-state index is -0.625. The van der Waals surface area contributed by atoms with Gasteiger partial charge in [0.1, 0.15) is 0 Å². The molecule has 4 nitrogen and oxygen atoms in total. The highest BCUT2D eigenvalue weighted by molar-refractivity contribution is 5.27. The Labute approximate surface area is 76.4 Å². The fraction of sp³-hybridized carbons (Fsp3) is 0.333. The van der Waals surface area contributed by atoms with Crippen LogP contribution in [-0.2, 0) is 5.66 Å². The average molecular weight is 173 g/mol. The maximum absolute atomic E-state index is 3.96. The fourth-order valence-electron chi connectivity index (χ4n) is 1.23. The lowest BCUT2D eigenvalue weighted by Crippen LogP contribution is -2.12. The van der Waals surface area contributed by atoms with E-state index in [1.54, 1.807) is 0 Å². The van der Waals surface area contributed by atoms with Gasteiger partial charge >= 0.3 is 0 Å². The third kappa shape index (κ3) is 1.35. The van der Waals surface area contributed by atoms with Crippen LogP contribution in [0.5, 0.6) is 0 Å². The van der Waals surface area contributed by atoms with Crippen molar-refractivity contribution in [3.05, 3.63) is 35.4 Å². The van der Waals surface area contributed by atoms with E-state index in [1.165, 1.54) is 0 Å². The summed E-state index contributed by atoms with van der Waals surface area (Å²) in [6.45, 7) is 3.86. The molecule has 2 rings (SSSR count). The number of benzene rings is 1. The molecular weight excluding hydrogens is 164 g/mol. The first-order valence-electron chi connectivity index (χ1n) is 4.04. The van der Waals surface area contributed by atoms with Crippen molar-refractivity contribution in [1.82, 2.24) is 0 Å². The van der Waals surface area contributed by atoms with Gasteiger partial charge in [-0.2, -0.15) is 0 Å². The third-order valence-electron chi connectivity index (χ3n) is 2.01. The maximum atomic E-state index is 3.96. The molecule has 65 valence electrons. The Kier molecular flexibility index (Phi) is 1.69. The number of hydrogen-bond acceptors (Lipinski definition) is 4. The van der Waals surface area contributed by atoms with Crippen LogP contribution in [0, 0.1) is 13.0 Å². The molecule has 0 saturated carbocycles. The number of nitrogens with zero attached hydrogens (tertiary/aromatic N) is 4. The minimum absolute atomic E-state index is 0.625. The normalized spacial score (nSPS) is 18.0. The molecule has 1 radical (unpaired) electrons. The van der Waals surface area contributed by atoms with Crippen LogP contribution < -0.4 is 0 Å². The maximum Gasteiger partial charge on any atom is 0.217 e. The Morgan fingerprint density at radius 1 is 1.31 bits per heavy atom. The van der Waals surface area contributed by atoms with Crippen molar-refractivity contribution >= 4 is 0 Å². The summed E-state index contributed by atoms with van der Waals surface area (Å²) < 4.78 is 0. The molecule has 0 aromatic heterocycles. The quantitative estimate of drug-likeness (QED) is 0.627. The zero-order valence-electron chi connectivity index (χ0n) is 7.52. The first-order valence-corrected chi connectivity index (χ1v) is 4.04. The minimum Gasteiger partial charge on any atom is -0.130 e. The van der Waals surface area contributed by atoms with Crippen molar-refractivity contribution in [3.63, 3.8) is 0 Å². The molecule has 0 bridgehead atoms. The van der Waals surface area contributed by atoms with Crippen molar-refractivity contribution in [1.29, 1.82) is 0 Å². The highest BCUT2D eigenvalue weighted by atomic mass is 15.6. The largest absolute Gasteiger partial charge is 0.217 e. The molecule has 0 atom stereocenters. The van der Waals surface area contributed by atoms with Crippen LogP contribution in [0.2, 0.25) is 0 Å². The van der Waals surface area contributed by atoms with E-state index in [4.69, 9.17) is 0 Å². The standard InChI is InChI=1S/C9H9N4/c1-7-4-3-5-8(6-7)9(2)10-12-13-11-9/h3,5-6H,1-2H3. The van der Waals surface area contributed by atoms with Crippen molar-refractivity contribution in [2.45, 2.75) is 19.5 Å². The fourth-order valence-corrected chi connectivity index (χ4v) is 1.23. The Balaban J connectivity index is 2.46. The van der Waals surface area contributed by atoms with Gasteiger partial charge in [0.2, 0.25) is 5.66 Å². The molecule has 0 saturated heterocycles. The topological polar surface area (TPSA) is 49.4 Å². The second-order valence-electron chi connectivity index (χ2n) is 3.16. The molecule has 1 aliphatic heterocycles. The first kappa shape index (κ1) is 8.04. The van der Waals surface area contributed by atoms with E-state index >= 15 is 0 Å². The number of rotatable bonds is 1. The summed E-state index contributed by atoms with van der Waals surface area (Å²) in [5, 5.41) is 14.9. The summed E-state index contributed by atoms with van der Waals surface area (Å²) >= 11 is 0. The van der Waals surface area contributed by atoms with Crippen molar-refractivity contribution in [2.24, 2.45) is 20.7 Å². The molecule has 1 aromatic rings. The molecule has 0 unspecified atom stereocenters. The monoisotopic (exact) mass is 173 g/mol. The van der Waals surface area contributed by atoms with Crippen molar-refractivity contribution in [3.8, 4) is 0 Å². The van der Waals surface area contributed by atoms with Crippen LogP contribution in [0.25, 0.3) is 0 Å². The van der Waals surface area contributed by atoms with Gasteiger partial charge in [-0.15, -0.1) is 10.2 Å². The summed E-state index contributed by atoms with van der Waals surface area (Å²) in [6.07, 6.45) is 0. The first-order chi connectivity index (χ1) is 6.21. The van der Waals surface area contributed by atoms with Crippen LogP contribution >= 0.6 is 0 Å². The number of aryl methyl sites for hydroxylation is 1. The van der Waals surface area contributed by atoms with Gasteiger partial charge in [-0.25, -0.2) is 0 Å². The van der Waals surface area contributed by atoms with Crippen LogP contribution in [0.1, 0.15) is 18.1 Å². The van der Waals surface area contributed by atoms with Crippen LogP contribution in [-0.4, -0.2) is 0 Å². The van der Waals surface area contributed by atoms with E-state index in [2.05, 4.69) is 26.7 Å². The summed E-state index contributed by atoms with van der Waals surface area (Å²) in [5.41, 5.74) is 1.43. The molecular formula is C9H9N4. The molecule has 13 heavy (non-hydrogen) atoms. The molecule has 1 aliphatic rings. The van der Waals surface area contributed by atoms with Crippen molar-refractivity contribution in [2.75, 3.05) is 0 Å². The van der Waals surface area contributed by atoms with Gasteiger partial charge in [0.15, 0.2) is 0 Å².